The van der Waals surface area contributed by atoms with Gasteiger partial charge in [0.2, 0.25) is 10.0 Å². The minimum absolute atomic E-state index is 0.0203. The molecule has 3 aromatic rings. The van der Waals surface area contributed by atoms with Crippen molar-refractivity contribution < 1.29 is 17.9 Å². The number of hydrogen-bond donors (Lipinski definition) is 1. The number of ether oxygens (including phenoxy) is 1. The number of methoxy groups -OCH3 is 1. The van der Waals surface area contributed by atoms with Crippen LogP contribution in [0.1, 0.15) is 15.9 Å². The van der Waals surface area contributed by atoms with E-state index in [-0.39, 0.29) is 10.8 Å². The number of amides is 1. The van der Waals surface area contributed by atoms with Gasteiger partial charge in [-0.15, -0.1) is 0 Å². The highest BCUT2D eigenvalue weighted by atomic mass is 32.2. The summed E-state index contributed by atoms with van der Waals surface area (Å²) >= 11 is 1.23. The summed E-state index contributed by atoms with van der Waals surface area (Å²) in [6, 6.07) is 11.8. The number of thiazole rings is 1. The molecule has 9 heteroatoms. The van der Waals surface area contributed by atoms with Crippen molar-refractivity contribution in [1.29, 1.82) is 0 Å². The van der Waals surface area contributed by atoms with E-state index in [0.717, 1.165) is 11.1 Å². The van der Waals surface area contributed by atoms with E-state index in [1.807, 2.05) is 23.6 Å². The fourth-order valence-electron chi connectivity index (χ4n) is 2.67. The summed E-state index contributed by atoms with van der Waals surface area (Å²) in [5.41, 5.74) is 2.13. The van der Waals surface area contributed by atoms with Gasteiger partial charge in [-0.2, -0.15) is 4.99 Å². The Balaban J connectivity index is 2.18. The number of sulfonamides is 1. The Kier molecular flexibility index (Phi) is 5.56. The third-order valence-corrected chi connectivity index (χ3v) is 6.03. The van der Waals surface area contributed by atoms with E-state index in [2.05, 4.69) is 4.99 Å². The lowest BCUT2D eigenvalue weighted by Gasteiger charge is -2.05. The predicted molar refractivity (Wildman–Crippen MR) is 104 cm³/mol. The number of rotatable bonds is 5. The Labute approximate surface area is 160 Å². The molecule has 3 rings (SSSR count). The molecule has 0 saturated carbocycles. The lowest BCUT2D eigenvalue weighted by molar-refractivity contribution is 0.0996. The maximum absolute atomic E-state index is 12.6. The van der Waals surface area contributed by atoms with Crippen LogP contribution in [0.15, 0.2) is 52.4 Å². The molecule has 1 aromatic heterocycles. The average Bonchev–Trinajstić information content (AvgIpc) is 2.95. The molecule has 0 spiro atoms. The SMILES string of the molecule is COCCn1c(=NC(=O)c2ccccc2C)sc2cc(S(N)(=O)=O)ccc21. The first-order valence-electron chi connectivity index (χ1n) is 8.11. The molecule has 0 radical (unpaired) electrons. The summed E-state index contributed by atoms with van der Waals surface area (Å²) in [5.74, 6) is -0.350. The Morgan fingerprint density at radius 1 is 1.26 bits per heavy atom. The van der Waals surface area contributed by atoms with Crippen LogP contribution in [0.25, 0.3) is 10.2 Å². The summed E-state index contributed by atoms with van der Waals surface area (Å²) in [6.45, 7) is 2.75. The number of nitrogens with two attached hydrogens (primary N) is 1. The number of carbonyl (C=O) groups excluding carboxylic acids is 1. The van der Waals surface area contributed by atoms with E-state index in [0.29, 0.717) is 28.2 Å². The van der Waals surface area contributed by atoms with Crippen LogP contribution in [0.4, 0.5) is 0 Å². The topological polar surface area (TPSA) is 104 Å². The maximum Gasteiger partial charge on any atom is 0.279 e. The molecule has 27 heavy (non-hydrogen) atoms. The third-order valence-electron chi connectivity index (χ3n) is 4.07. The van der Waals surface area contributed by atoms with E-state index in [1.165, 1.54) is 23.5 Å². The second-order valence-corrected chi connectivity index (χ2v) is 8.51. The molecule has 0 aliphatic rings. The lowest BCUT2D eigenvalue weighted by Crippen LogP contribution is -2.19. The van der Waals surface area contributed by atoms with Gasteiger partial charge in [0, 0.05) is 19.2 Å². The van der Waals surface area contributed by atoms with Crippen LogP contribution in [-0.4, -0.2) is 32.6 Å². The first-order chi connectivity index (χ1) is 12.8. The lowest BCUT2D eigenvalue weighted by atomic mass is 10.1. The molecule has 7 nitrogen and oxygen atoms in total. The number of carbonyl (C=O) groups is 1. The number of benzene rings is 2. The number of primary sulfonamides is 1. The van der Waals surface area contributed by atoms with Crippen LogP contribution in [0.2, 0.25) is 0 Å². The first kappa shape index (κ1) is 19.4. The molecule has 2 N–H and O–H groups in total. The summed E-state index contributed by atoms with van der Waals surface area (Å²) in [6.07, 6.45) is 0. The number of hydrogen-bond acceptors (Lipinski definition) is 5. The van der Waals surface area contributed by atoms with Gasteiger partial charge >= 0.3 is 0 Å². The normalized spacial score (nSPS) is 12.6. The molecule has 142 valence electrons. The standard InChI is InChI=1S/C18H19N3O4S2/c1-12-5-3-4-6-14(12)17(22)20-18-21(9-10-25-2)15-8-7-13(27(19,23)24)11-16(15)26-18/h3-8,11H,9-10H2,1-2H3,(H2,19,23,24). The zero-order valence-electron chi connectivity index (χ0n) is 14.9. The van der Waals surface area contributed by atoms with Crippen molar-refractivity contribution in [2.24, 2.45) is 10.1 Å². The maximum atomic E-state index is 12.6. The van der Waals surface area contributed by atoms with Crippen molar-refractivity contribution in [3.63, 3.8) is 0 Å². The Morgan fingerprint density at radius 2 is 2.00 bits per heavy atom. The highest BCUT2D eigenvalue weighted by Crippen LogP contribution is 2.21. The highest BCUT2D eigenvalue weighted by Gasteiger charge is 2.14. The van der Waals surface area contributed by atoms with Crippen molar-refractivity contribution >= 4 is 37.5 Å². The molecule has 0 fully saturated rings. The molecule has 0 bridgehead atoms. The van der Waals surface area contributed by atoms with E-state index in [9.17, 15) is 13.2 Å². The van der Waals surface area contributed by atoms with Crippen LogP contribution in [0.3, 0.4) is 0 Å². The predicted octanol–water partition coefficient (Wildman–Crippen LogP) is 2.05. The molecule has 0 unspecified atom stereocenters. The monoisotopic (exact) mass is 405 g/mol. The van der Waals surface area contributed by atoms with Crippen LogP contribution < -0.4 is 9.94 Å². The number of fused-ring (bicyclic) bond motifs is 1. The van der Waals surface area contributed by atoms with Crippen molar-refractivity contribution in [2.75, 3.05) is 13.7 Å². The van der Waals surface area contributed by atoms with Crippen LogP contribution in [0, 0.1) is 6.92 Å². The fraction of sp³-hybridized carbons (Fsp3) is 0.222. The quantitative estimate of drug-likeness (QED) is 0.701. The summed E-state index contributed by atoms with van der Waals surface area (Å²) in [4.78, 5) is 17.4. The molecule has 0 saturated heterocycles. The molecule has 0 aliphatic carbocycles. The number of aryl methyl sites for hydroxylation is 1. The van der Waals surface area contributed by atoms with E-state index in [1.54, 1.807) is 25.3 Å². The van der Waals surface area contributed by atoms with Gasteiger partial charge in [0.1, 0.15) is 0 Å². The van der Waals surface area contributed by atoms with Crippen LogP contribution in [0.5, 0.6) is 0 Å². The Morgan fingerprint density at radius 3 is 2.67 bits per heavy atom. The minimum atomic E-state index is -3.81. The van der Waals surface area contributed by atoms with Gasteiger partial charge in [-0.25, -0.2) is 13.6 Å². The molecular formula is C18H19N3O4S2. The summed E-state index contributed by atoms with van der Waals surface area (Å²) in [5, 5.41) is 5.22. The van der Waals surface area contributed by atoms with Gasteiger partial charge in [-0.05, 0) is 36.8 Å². The first-order valence-corrected chi connectivity index (χ1v) is 10.5. The van der Waals surface area contributed by atoms with Crippen molar-refractivity contribution in [3.05, 3.63) is 58.4 Å². The van der Waals surface area contributed by atoms with Crippen molar-refractivity contribution in [2.45, 2.75) is 18.4 Å². The van der Waals surface area contributed by atoms with Crippen molar-refractivity contribution in [3.8, 4) is 0 Å². The molecular weight excluding hydrogens is 386 g/mol. The van der Waals surface area contributed by atoms with Crippen LogP contribution in [-0.2, 0) is 21.3 Å². The molecule has 1 heterocycles. The van der Waals surface area contributed by atoms with Gasteiger partial charge in [0.25, 0.3) is 5.91 Å². The van der Waals surface area contributed by atoms with Gasteiger partial charge in [0.05, 0.1) is 21.7 Å². The van der Waals surface area contributed by atoms with Gasteiger partial charge in [-0.3, -0.25) is 4.79 Å². The highest BCUT2D eigenvalue weighted by molar-refractivity contribution is 7.89. The van der Waals surface area contributed by atoms with Crippen LogP contribution >= 0.6 is 11.3 Å². The average molecular weight is 406 g/mol. The Hall–Kier alpha value is -2.33. The molecule has 0 atom stereocenters. The summed E-state index contributed by atoms with van der Waals surface area (Å²) in [7, 11) is -2.22. The minimum Gasteiger partial charge on any atom is -0.383 e. The van der Waals surface area contributed by atoms with Gasteiger partial charge < -0.3 is 9.30 Å². The van der Waals surface area contributed by atoms with Gasteiger partial charge in [-0.1, -0.05) is 29.5 Å². The van der Waals surface area contributed by atoms with Crippen molar-refractivity contribution in [1.82, 2.24) is 4.57 Å². The van der Waals surface area contributed by atoms with Gasteiger partial charge in [0.15, 0.2) is 4.80 Å². The van der Waals surface area contributed by atoms with E-state index >= 15 is 0 Å². The zero-order valence-corrected chi connectivity index (χ0v) is 16.5. The molecule has 1 amide bonds. The van der Waals surface area contributed by atoms with E-state index < -0.39 is 10.0 Å². The fourth-order valence-corrected chi connectivity index (χ4v) is 4.38. The smallest absolute Gasteiger partial charge is 0.279 e. The molecule has 0 aliphatic heterocycles. The van der Waals surface area contributed by atoms with E-state index in [4.69, 9.17) is 9.88 Å². The number of aromatic nitrogens is 1. The summed E-state index contributed by atoms with van der Waals surface area (Å²) < 4.78 is 30.9. The largest absolute Gasteiger partial charge is 0.383 e. The second kappa shape index (κ2) is 7.73. The zero-order chi connectivity index (χ0) is 19.6. The Bertz CT molecular complexity index is 1180. The second-order valence-electron chi connectivity index (χ2n) is 5.94. The molecule has 2 aromatic carbocycles. The number of nitrogens with zero attached hydrogens (tertiary/aromatic N) is 2. The third kappa shape index (κ3) is 4.16.